The third-order valence-electron chi connectivity index (χ3n) is 1.47. The number of hydrogen-bond acceptors (Lipinski definition) is 5. The van der Waals surface area contributed by atoms with Gasteiger partial charge in [-0.15, -0.1) is 11.3 Å². The maximum atomic E-state index is 10.3. The summed E-state index contributed by atoms with van der Waals surface area (Å²) in [6.07, 6.45) is 0.162. The zero-order valence-electron chi connectivity index (χ0n) is 8.42. The summed E-state index contributed by atoms with van der Waals surface area (Å²) < 4.78 is 0. The van der Waals surface area contributed by atoms with Crippen LogP contribution in [-0.2, 0) is 10.5 Å². The van der Waals surface area contributed by atoms with Gasteiger partial charge in [-0.25, -0.2) is 4.98 Å². The fourth-order valence-electron chi connectivity index (χ4n) is 0.861. The van der Waals surface area contributed by atoms with Crippen molar-refractivity contribution in [1.29, 1.82) is 0 Å². The van der Waals surface area contributed by atoms with E-state index in [0.29, 0.717) is 16.6 Å². The van der Waals surface area contributed by atoms with E-state index in [2.05, 4.69) is 9.98 Å². The number of carboxylic acid groups (broad SMARTS) is 1. The summed E-state index contributed by atoms with van der Waals surface area (Å²) in [6, 6.07) is 0. The Bertz CT molecular complexity index is 387. The lowest BCUT2D eigenvalue weighted by Gasteiger charge is -1.95. The molecule has 16 heavy (non-hydrogen) atoms. The molecule has 0 amide bonds. The van der Waals surface area contributed by atoms with Gasteiger partial charge in [0.25, 0.3) is 0 Å². The van der Waals surface area contributed by atoms with Crippen LogP contribution >= 0.6 is 23.1 Å². The lowest BCUT2D eigenvalue weighted by Crippen LogP contribution is -2.21. The first-order valence-electron chi connectivity index (χ1n) is 4.41. The van der Waals surface area contributed by atoms with Crippen molar-refractivity contribution < 1.29 is 9.90 Å². The quantitative estimate of drug-likeness (QED) is 0.395. The number of guanidine groups is 1. The molecule has 0 aromatic carbocycles. The van der Waals surface area contributed by atoms with Crippen LogP contribution in [-0.4, -0.2) is 27.8 Å². The molecule has 0 atom stereocenters. The number of carboxylic acids is 1. The average molecular weight is 260 g/mol. The zero-order chi connectivity index (χ0) is 12.0. The van der Waals surface area contributed by atoms with Gasteiger partial charge in [0, 0.05) is 16.9 Å². The van der Waals surface area contributed by atoms with Crippen LogP contribution < -0.4 is 11.5 Å². The molecule has 0 radical (unpaired) electrons. The standard InChI is InChI=1S/C8H12N4O2S2/c9-7(10)12-8-11-5(4-16-8)3-15-2-1-6(13)14/h4H,1-3H2,(H,13,14)(H4,9,10,11,12). The van der Waals surface area contributed by atoms with Crippen molar-refractivity contribution in [1.82, 2.24) is 4.98 Å². The van der Waals surface area contributed by atoms with Gasteiger partial charge >= 0.3 is 5.97 Å². The van der Waals surface area contributed by atoms with Crippen molar-refractivity contribution in [3.8, 4) is 0 Å². The van der Waals surface area contributed by atoms with Crippen molar-refractivity contribution in [3.63, 3.8) is 0 Å². The minimum absolute atomic E-state index is 0.0144. The fraction of sp³-hybridized carbons (Fsp3) is 0.375. The van der Waals surface area contributed by atoms with Crippen LogP contribution in [0.4, 0.5) is 5.13 Å². The van der Waals surface area contributed by atoms with Crippen LogP contribution in [0.1, 0.15) is 12.1 Å². The molecule has 5 N–H and O–H groups in total. The Labute approximate surface area is 101 Å². The van der Waals surface area contributed by atoms with E-state index in [4.69, 9.17) is 16.6 Å². The second kappa shape index (κ2) is 6.33. The predicted molar refractivity (Wildman–Crippen MR) is 66.0 cm³/mol. The molecule has 0 aliphatic rings. The minimum Gasteiger partial charge on any atom is -0.481 e. The van der Waals surface area contributed by atoms with E-state index in [1.54, 1.807) is 0 Å². The molecular formula is C8H12N4O2S2. The summed E-state index contributed by atoms with van der Waals surface area (Å²) in [6.45, 7) is 0. The number of aromatic nitrogens is 1. The topological polar surface area (TPSA) is 115 Å². The third kappa shape index (κ3) is 4.99. The number of nitrogens with zero attached hydrogens (tertiary/aromatic N) is 2. The number of rotatable bonds is 6. The maximum Gasteiger partial charge on any atom is 0.304 e. The number of carbonyl (C=O) groups is 1. The molecule has 0 aliphatic heterocycles. The Morgan fingerprint density at radius 1 is 1.62 bits per heavy atom. The van der Waals surface area contributed by atoms with Crippen LogP contribution in [0.3, 0.4) is 0 Å². The summed E-state index contributed by atoms with van der Waals surface area (Å²) in [5.74, 6) is 0.445. The average Bonchev–Trinajstić information content (AvgIpc) is 2.59. The largest absolute Gasteiger partial charge is 0.481 e. The Morgan fingerprint density at radius 2 is 2.38 bits per heavy atom. The highest BCUT2D eigenvalue weighted by atomic mass is 32.2. The molecular weight excluding hydrogens is 248 g/mol. The number of aliphatic carboxylic acids is 1. The molecule has 1 aromatic heterocycles. The Balaban J connectivity index is 2.35. The highest BCUT2D eigenvalue weighted by Gasteiger charge is 2.02. The molecule has 1 aromatic rings. The van der Waals surface area contributed by atoms with Gasteiger partial charge in [0.05, 0.1) is 12.1 Å². The van der Waals surface area contributed by atoms with E-state index in [1.165, 1.54) is 23.1 Å². The first-order chi connectivity index (χ1) is 7.58. The normalized spacial score (nSPS) is 10.0. The number of thioether (sulfide) groups is 1. The molecule has 1 heterocycles. The molecule has 0 fully saturated rings. The van der Waals surface area contributed by atoms with E-state index in [1.807, 2.05) is 5.38 Å². The SMILES string of the molecule is NC(N)=Nc1nc(CSCCC(=O)O)cs1. The Morgan fingerprint density at radius 3 is 3.00 bits per heavy atom. The van der Waals surface area contributed by atoms with Crippen molar-refractivity contribution in [2.45, 2.75) is 12.2 Å². The van der Waals surface area contributed by atoms with E-state index in [-0.39, 0.29) is 12.4 Å². The molecule has 8 heteroatoms. The fourth-order valence-corrected chi connectivity index (χ4v) is 2.49. The van der Waals surface area contributed by atoms with Gasteiger partial charge in [-0.05, 0) is 0 Å². The van der Waals surface area contributed by atoms with Crippen molar-refractivity contribution in [3.05, 3.63) is 11.1 Å². The molecule has 0 spiro atoms. The van der Waals surface area contributed by atoms with E-state index in [0.717, 1.165) is 5.69 Å². The van der Waals surface area contributed by atoms with E-state index < -0.39 is 5.97 Å². The molecule has 0 aliphatic carbocycles. The monoisotopic (exact) mass is 260 g/mol. The second-order valence-corrected chi connectivity index (χ2v) is 4.80. The van der Waals surface area contributed by atoms with Crippen LogP contribution in [0.5, 0.6) is 0 Å². The summed E-state index contributed by atoms with van der Waals surface area (Å²) in [5, 5.41) is 10.8. The van der Waals surface area contributed by atoms with Gasteiger partial charge in [0.2, 0.25) is 5.13 Å². The summed E-state index contributed by atoms with van der Waals surface area (Å²) in [7, 11) is 0. The molecule has 0 saturated carbocycles. The molecule has 1 rings (SSSR count). The molecule has 88 valence electrons. The van der Waals surface area contributed by atoms with E-state index in [9.17, 15) is 4.79 Å². The lowest BCUT2D eigenvalue weighted by molar-refractivity contribution is -0.136. The number of nitrogens with two attached hydrogens (primary N) is 2. The van der Waals surface area contributed by atoms with Crippen LogP contribution in [0.2, 0.25) is 0 Å². The highest BCUT2D eigenvalue weighted by Crippen LogP contribution is 2.21. The van der Waals surface area contributed by atoms with Crippen LogP contribution in [0, 0.1) is 0 Å². The molecule has 0 saturated heterocycles. The molecule has 0 bridgehead atoms. The van der Waals surface area contributed by atoms with Crippen molar-refractivity contribution >= 4 is 40.2 Å². The smallest absolute Gasteiger partial charge is 0.304 e. The minimum atomic E-state index is -0.785. The van der Waals surface area contributed by atoms with Crippen molar-refractivity contribution in [2.24, 2.45) is 16.5 Å². The third-order valence-corrected chi connectivity index (χ3v) is 3.25. The molecule has 0 unspecified atom stereocenters. The number of hydrogen-bond donors (Lipinski definition) is 3. The Hall–Kier alpha value is -1.28. The van der Waals surface area contributed by atoms with Gasteiger partial charge in [-0.3, -0.25) is 4.79 Å². The Kier molecular flexibility index (Phi) is 5.06. The zero-order valence-corrected chi connectivity index (χ0v) is 10.1. The van der Waals surface area contributed by atoms with Gasteiger partial charge in [-0.1, -0.05) is 0 Å². The summed E-state index contributed by atoms with van der Waals surface area (Å²) >= 11 is 2.87. The van der Waals surface area contributed by atoms with Crippen LogP contribution in [0.25, 0.3) is 0 Å². The second-order valence-electron chi connectivity index (χ2n) is 2.85. The van der Waals surface area contributed by atoms with E-state index >= 15 is 0 Å². The first-order valence-corrected chi connectivity index (χ1v) is 6.45. The number of thiazole rings is 1. The van der Waals surface area contributed by atoms with Crippen molar-refractivity contribution in [2.75, 3.05) is 5.75 Å². The summed E-state index contributed by atoms with van der Waals surface area (Å²) in [5.41, 5.74) is 11.3. The first kappa shape index (κ1) is 12.8. The number of aliphatic imine (C=N–C) groups is 1. The summed E-state index contributed by atoms with van der Waals surface area (Å²) in [4.78, 5) is 18.2. The maximum absolute atomic E-state index is 10.3. The van der Waals surface area contributed by atoms with Gasteiger partial charge in [-0.2, -0.15) is 16.8 Å². The predicted octanol–water partition coefficient (Wildman–Crippen LogP) is 0.756. The lowest BCUT2D eigenvalue weighted by atomic mass is 10.5. The van der Waals surface area contributed by atoms with Gasteiger partial charge in [0.15, 0.2) is 5.96 Å². The van der Waals surface area contributed by atoms with Gasteiger partial charge < -0.3 is 16.6 Å². The van der Waals surface area contributed by atoms with Gasteiger partial charge in [0.1, 0.15) is 0 Å². The highest BCUT2D eigenvalue weighted by molar-refractivity contribution is 7.98. The molecule has 6 nitrogen and oxygen atoms in total. The van der Waals surface area contributed by atoms with Crippen LogP contribution in [0.15, 0.2) is 10.4 Å².